The lowest BCUT2D eigenvalue weighted by atomic mass is 10.2. The Hall–Kier alpha value is -2.09. The van der Waals surface area contributed by atoms with Crippen LogP contribution < -0.4 is 11.1 Å². The molecule has 0 spiro atoms. The maximum absolute atomic E-state index is 11.9. The third-order valence-corrected chi connectivity index (χ3v) is 3.87. The Balaban J connectivity index is 2.08. The lowest BCUT2D eigenvalue weighted by Crippen LogP contribution is -2.30. The van der Waals surface area contributed by atoms with E-state index in [1.54, 1.807) is 18.4 Å². The van der Waals surface area contributed by atoms with Crippen molar-refractivity contribution in [2.45, 2.75) is 32.2 Å². The van der Waals surface area contributed by atoms with Crippen LogP contribution in [-0.2, 0) is 20.9 Å². The minimum atomic E-state index is -0.547. The summed E-state index contributed by atoms with van der Waals surface area (Å²) in [6.07, 6.45) is 2.44. The first-order valence-electron chi connectivity index (χ1n) is 7.43. The average molecular weight is 341 g/mol. The highest BCUT2D eigenvalue weighted by Crippen LogP contribution is 2.08. The predicted molar refractivity (Wildman–Crippen MR) is 87.8 cm³/mol. The van der Waals surface area contributed by atoms with E-state index in [4.69, 9.17) is 10.5 Å². The molecule has 0 saturated heterocycles. The third kappa shape index (κ3) is 8.82. The molecule has 0 radical (unpaired) electrons. The van der Waals surface area contributed by atoms with Gasteiger partial charge in [-0.3, -0.25) is 9.59 Å². The maximum Gasteiger partial charge on any atom is 0.312 e. The van der Waals surface area contributed by atoms with Gasteiger partial charge in [0, 0.05) is 26.6 Å². The summed E-state index contributed by atoms with van der Waals surface area (Å²) in [4.78, 5) is 35.4. The summed E-state index contributed by atoms with van der Waals surface area (Å²) in [6.45, 7) is 0.770. The minimum absolute atomic E-state index is 0.227. The molecule has 23 heavy (non-hydrogen) atoms. The molecule has 128 valence electrons. The van der Waals surface area contributed by atoms with Gasteiger partial charge in [-0.05, 0) is 35.2 Å². The van der Waals surface area contributed by atoms with E-state index in [1.165, 1.54) is 4.90 Å². The van der Waals surface area contributed by atoms with Crippen molar-refractivity contribution in [3.8, 4) is 0 Å². The molecule has 0 aliphatic rings. The molecular formula is C15H23N3O4S. The van der Waals surface area contributed by atoms with E-state index in [9.17, 15) is 14.4 Å². The molecule has 0 aliphatic heterocycles. The SMILES string of the molecule is CN(Cc1ccsc1)C(=O)COC(=O)CCCCCNC(N)=O. The number of carbonyl (C=O) groups excluding carboxylic acids is 3. The van der Waals surface area contributed by atoms with E-state index in [0.29, 0.717) is 19.5 Å². The Morgan fingerprint density at radius 1 is 1.30 bits per heavy atom. The summed E-state index contributed by atoms with van der Waals surface area (Å²) < 4.78 is 4.97. The lowest BCUT2D eigenvalue weighted by Gasteiger charge is -2.16. The molecule has 0 aliphatic carbocycles. The zero-order valence-electron chi connectivity index (χ0n) is 13.2. The van der Waals surface area contributed by atoms with Gasteiger partial charge in [0.15, 0.2) is 6.61 Å². The number of rotatable bonds is 10. The second kappa shape index (κ2) is 10.6. The van der Waals surface area contributed by atoms with Crippen LogP contribution in [0.3, 0.4) is 0 Å². The molecule has 0 fully saturated rings. The van der Waals surface area contributed by atoms with Gasteiger partial charge in [0.05, 0.1) is 0 Å². The number of thiophene rings is 1. The number of primary amides is 1. The number of nitrogens with zero attached hydrogens (tertiary/aromatic N) is 1. The van der Waals surface area contributed by atoms with Gasteiger partial charge in [0.25, 0.3) is 5.91 Å². The Bertz CT molecular complexity index is 505. The van der Waals surface area contributed by atoms with E-state index in [1.807, 2.05) is 16.8 Å². The Kier molecular flexibility index (Phi) is 8.74. The first-order chi connectivity index (χ1) is 11.0. The van der Waals surface area contributed by atoms with Crippen molar-refractivity contribution >= 4 is 29.2 Å². The minimum Gasteiger partial charge on any atom is -0.456 e. The van der Waals surface area contributed by atoms with Crippen LogP contribution in [0.1, 0.15) is 31.2 Å². The number of amides is 3. The largest absolute Gasteiger partial charge is 0.456 e. The highest BCUT2D eigenvalue weighted by atomic mass is 32.1. The van der Waals surface area contributed by atoms with Crippen LogP contribution in [0.25, 0.3) is 0 Å². The number of nitrogens with two attached hydrogens (primary N) is 1. The smallest absolute Gasteiger partial charge is 0.312 e. The fourth-order valence-corrected chi connectivity index (χ4v) is 2.51. The van der Waals surface area contributed by atoms with Crippen LogP contribution in [0.2, 0.25) is 0 Å². The summed E-state index contributed by atoms with van der Waals surface area (Å²) in [5.41, 5.74) is 5.99. The molecule has 8 heteroatoms. The highest BCUT2D eigenvalue weighted by Gasteiger charge is 2.12. The van der Waals surface area contributed by atoms with Gasteiger partial charge < -0.3 is 20.7 Å². The number of nitrogens with one attached hydrogen (secondary N) is 1. The van der Waals surface area contributed by atoms with Crippen LogP contribution in [0.15, 0.2) is 16.8 Å². The van der Waals surface area contributed by atoms with Gasteiger partial charge in [-0.2, -0.15) is 11.3 Å². The Morgan fingerprint density at radius 2 is 2.09 bits per heavy atom. The molecule has 0 saturated carbocycles. The summed E-state index contributed by atoms with van der Waals surface area (Å²) in [7, 11) is 1.68. The van der Waals surface area contributed by atoms with E-state index >= 15 is 0 Å². The molecule has 0 bridgehead atoms. The van der Waals surface area contributed by atoms with Crippen molar-refractivity contribution in [3.63, 3.8) is 0 Å². The molecule has 3 N–H and O–H groups in total. The normalized spacial score (nSPS) is 10.1. The van der Waals surface area contributed by atoms with Crippen molar-refractivity contribution in [2.24, 2.45) is 5.73 Å². The van der Waals surface area contributed by atoms with Crippen molar-refractivity contribution < 1.29 is 19.1 Å². The van der Waals surface area contributed by atoms with Crippen LogP contribution >= 0.6 is 11.3 Å². The van der Waals surface area contributed by atoms with Crippen LogP contribution in [-0.4, -0.2) is 43.0 Å². The number of carbonyl (C=O) groups is 3. The second-order valence-corrected chi connectivity index (χ2v) is 5.92. The van der Waals surface area contributed by atoms with Gasteiger partial charge in [-0.1, -0.05) is 6.42 Å². The van der Waals surface area contributed by atoms with E-state index < -0.39 is 6.03 Å². The summed E-state index contributed by atoms with van der Waals surface area (Å²) >= 11 is 1.57. The van der Waals surface area contributed by atoms with Gasteiger partial charge in [-0.25, -0.2) is 4.79 Å². The highest BCUT2D eigenvalue weighted by molar-refractivity contribution is 7.07. The molecule has 1 heterocycles. The number of unbranched alkanes of at least 4 members (excludes halogenated alkanes) is 2. The number of urea groups is 1. The van der Waals surface area contributed by atoms with Gasteiger partial charge in [-0.15, -0.1) is 0 Å². The summed E-state index contributed by atoms with van der Waals surface area (Å²) in [5, 5.41) is 6.40. The van der Waals surface area contributed by atoms with Crippen molar-refractivity contribution in [1.82, 2.24) is 10.2 Å². The topological polar surface area (TPSA) is 102 Å². The number of hydrogen-bond donors (Lipinski definition) is 2. The van der Waals surface area contributed by atoms with Crippen molar-refractivity contribution in [3.05, 3.63) is 22.4 Å². The van der Waals surface area contributed by atoms with Gasteiger partial charge >= 0.3 is 12.0 Å². The first-order valence-corrected chi connectivity index (χ1v) is 8.37. The fraction of sp³-hybridized carbons (Fsp3) is 0.533. The quantitative estimate of drug-likeness (QED) is 0.497. The maximum atomic E-state index is 11.9. The fourth-order valence-electron chi connectivity index (χ4n) is 1.85. The molecule has 1 aromatic heterocycles. The molecule has 0 aromatic carbocycles. The zero-order chi connectivity index (χ0) is 17.1. The average Bonchev–Trinajstić information content (AvgIpc) is 3.00. The van der Waals surface area contributed by atoms with Gasteiger partial charge in [0.1, 0.15) is 0 Å². The monoisotopic (exact) mass is 341 g/mol. The second-order valence-electron chi connectivity index (χ2n) is 5.14. The lowest BCUT2D eigenvalue weighted by molar-refractivity contribution is -0.151. The molecule has 0 unspecified atom stereocenters. The molecule has 7 nitrogen and oxygen atoms in total. The number of ether oxygens (including phenoxy) is 1. The van der Waals surface area contributed by atoms with E-state index in [0.717, 1.165) is 18.4 Å². The van der Waals surface area contributed by atoms with Crippen molar-refractivity contribution in [2.75, 3.05) is 20.2 Å². The predicted octanol–water partition coefficient (Wildman–Crippen LogP) is 1.48. The van der Waals surface area contributed by atoms with Crippen LogP contribution in [0.5, 0.6) is 0 Å². The Labute approximate surface area is 139 Å². The standard InChI is InChI=1S/C15H23N3O4S/c1-18(9-12-6-8-23-11-12)13(19)10-22-14(20)5-3-2-4-7-17-15(16)21/h6,8,11H,2-5,7,9-10H2,1H3,(H3,16,17,21). The summed E-state index contributed by atoms with van der Waals surface area (Å²) in [5.74, 6) is -0.611. The molecule has 3 amide bonds. The number of hydrogen-bond acceptors (Lipinski definition) is 5. The van der Waals surface area contributed by atoms with Crippen molar-refractivity contribution in [1.29, 1.82) is 0 Å². The van der Waals surface area contributed by atoms with Crippen LogP contribution in [0, 0.1) is 0 Å². The van der Waals surface area contributed by atoms with Gasteiger partial charge in [0.2, 0.25) is 0 Å². The Morgan fingerprint density at radius 3 is 2.74 bits per heavy atom. The number of esters is 1. The molecule has 1 aromatic rings. The molecule has 0 atom stereocenters. The summed E-state index contributed by atoms with van der Waals surface area (Å²) in [6, 6.07) is 1.41. The van der Waals surface area contributed by atoms with E-state index in [-0.39, 0.29) is 24.9 Å². The van der Waals surface area contributed by atoms with Crippen LogP contribution in [0.4, 0.5) is 4.79 Å². The van der Waals surface area contributed by atoms with E-state index in [2.05, 4.69) is 5.32 Å². The molecule has 1 rings (SSSR count). The zero-order valence-corrected chi connectivity index (χ0v) is 14.1. The first kappa shape index (κ1) is 19.0. The third-order valence-electron chi connectivity index (χ3n) is 3.14. The molecular weight excluding hydrogens is 318 g/mol. The number of likely N-dealkylation sites (N-methyl/N-ethyl adjacent to an activating group) is 1.